The molecule has 2 aromatic rings. The number of hydrogen-bond acceptors (Lipinski definition) is 5. The van der Waals surface area contributed by atoms with E-state index in [1.807, 2.05) is 46.1 Å². The Kier molecular flexibility index (Phi) is 5.68. The smallest absolute Gasteiger partial charge is 0.272 e. The molecule has 1 aromatic heterocycles. The molecule has 148 valence electrons. The quantitative estimate of drug-likeness (QED) is 0.748. The first-order valence-electron chi connectivity index (χ1n) is 9.64. The molecule has 0 unspecified atom stereocenters. The molecule has 0 bridgehead atoms. The molecule has 7 nitrogen and oxygen atoms in total. The van der Waals surface area contributed by atoms with Gasteiger partial charge in [-0.15, -0.1) is 0 Å². The predicted molar refractivity (Wildman–Crippen MR) is 109 cm³/mol. The number of hydrogen-bond donors (Lipinski definition) is 1. The number of aromatic nitrogens is 2. The number of thioether (sulfide) groups is 1. The van der Waals surface area contributed by atoms with Crippen molar-refractivity contribution >= 4 is 23.6 Å². The maximum absolute atomic E-state index is 13.2. The fourth-order valence-electron chi connectivity index (χ4n) is 3.43. The second-order valence-corrected chi connectivity index (χ2v) is 7.98. The molecule has 1 saturated carbocycles. The zero-order chi connectivity index (χ0) is 19.5. The summed E-state index contributed by atoms with van der Waals surface area (Å²) in [7, 11) is 0. The van der Waals surface area contributed by atoms with Crippen molar-refractivity contribution in [3.8, 4) is 5.69 Å². The van der Waals surface area contributed by atoms with Gasteiger partial charge in [0, 0.05) is 37.9 Å². The highest BCUT2D eigenvalue weighted by Crippen LogP contribution is 2.23. The van der Waals surface area contributed by atoms with Crippen LogP contribution in [-0.2, 0) is 4.79 Å². The molecular formula is C20H25N5O2S. The summed E-state index contributed by atoms with van der Waals surface area (Å²) in [5, 5.41) is 3.82. The van der Waals surface area contributed by atoms with E-state index >= 15 is 0 Å². The van der Waals surface area contributed by atoms with E-state index in [0.717, 1.165) is 23.7 Å². The van der Waals surface area contributed by atoms with Crippen LogP contribution in [0.3, 0.4) is 0 Å². The van der Waals surface area contributed by atoms with Crippen LogP contribution in [0.2, 0.25) is 0 Å². The zero-order valence-corrected chi connectivity index (χ0v) is 16.8. The molecule has 8 heteroatoms. The van der Waals surface area contributed by atoms with E-state index in [1.54, 1.807) is 6.20 Å². The Hall–Kier alpha value is -2.32. The van der Waals surface area contributed by atoms with Gasteiger partial charge in [0.15, 0.2) is 5.16 Å². The van der Waals surface area contributed by atoms with Crippen LogP contribution in [0.25, 0.3) is 5.69 Å². The standard InChI is InChI=1S/C20H25N5O2S/c1-28-20-21-13-17(25(20)16-5-3-2-4-6-16)19(27)24-11-9-23(10-12-24)14-18(26)22-15-7-8-15/h2-6,13,15H,7-12,14H2,1H3,(H,22,26). The number of benzene rings is 1. The van der Waals surface area contributed by atoms with Gasteiger partial charge in [0.25, 0.3) is 5.91 Å². The Morgan fingerprint density at radius 1 is 1.14 bits per heavy atom. The molecule has 28 heavy (non-hydrogen) atoms. The summed E-state index contributed by atoms with van der Waals surface area (Å²) in [6, 6.07) is 10.2. The summed E-state index contributed by atoms with van der Waals surface area (Å²) in [6.07, 6.45) is 5.82. The molecule has 1 aliphatic heterocycles. The van der Waals surface area contributed by atoms with Gasteiger partial charge in [-0.05, 0) is 31.2 Å². The first-order chi connectivity index (χ1) is 13.7. The molecule has 1 N–H and O–H groups in total. The van der Waals surface area contributed by atoms with Gasteiger partial charge in [0.05, 0.1) is 12.7 Å². The van der Waals surface area contributed by atoms with Crippen molar-refractivity contribution in [2.45, 2.75) is 24.0 Å². The van der Waals surface area contributed by atoms with Crippen molar-refractivity contribution in [3.05, 3.63) is 42.2 Å². The normalized spacial score (nSPS) is 17.5. The summed E-state index contributed by atoms with van der Waals surface area (Å²) >= 11 is 1.52. The summed E-state index contributed by atoms with van der Waals surface area (Å²) in [5.41, 5.74) is 1.51. The predicted octanol–water partition coefficient (Wildman–Crippen LogP) is 1.63. The van der Waals surface area contributed by atoms with Crippen molar-refractivity contribution in [2.24, 2.45) is 0 Å². The van der Waals surface area contributed by atoms with Crippen LogP contribution in [0.15, 0.2) is 41.7 Å². The molecule has 2 amide bonds. The number of nitrogens with one attached hydrogen (secondary N) is 1. The summed E-state index contributed by atoms with van der Waals surface area (Å²) in [6.45, 7) is 3.06. The minimum atomic E-state index is -0.0151. The van der Waals surface area contributed by atoms with E-state index in [-0.39, 0.29) is 11.8 Å². The van der Waals surface area contributed by atoms with Gasteiger partial charge in [-0.25, -0.2) is 4.98 Å². The third-order valence-electron chi connectivity index (χ3n) is 5.11. The van der Waals surface area contributed by atoms with E-state index in [4.69, 9.17) is 0 Å². The monoisotopic (exact) mass is 399 g/mol. The van der Waals surface area contributed by atoms with Crippen LogP contribution in [-0.4, -0.2) is 76.2 Å². The molecule has 0 spiro atoms. The van der Waals surface area contributed by atoms with Crippen molar-refractivity contribution in [1.82, 2.24) is 24.7 Å². The number of carbonyl (C=O) groups is 2. The lowest BCUT2D eigenvalue weighted by Gasteiger charge is -2.34. The van der Waals surface area contributed by atoms with E-state index in [0.29, 0.717) is 44.5 Å². The number of rotatable bonds is 6. The maximum Gasteiger partial charge on any atom is 0.272 e. The summed E-state index contributed by atoms with van der Waals surface area (Å²) < 4.78 is 1.92. The number of carbonyl (C=O) groups excluding carboxylic acids is 2. The Morgan fingerprint density at radius 2 is 1.86 bits per heavy atom. The Balaban J connectivity index is 1.41. The topological polar surface area (TPSA) is 70.5 Å². The largest absolute Gasteiger partial charge is 0.352 e. The van der Waals surface area contributed by atoms with E-state index in [2.05, 4.69) is 15.2 Å². The number of imidazole rings is 1. The van der Waals surface area contributed by atoms with Crippen LogP contribution in [0.1, 0.15) is 23.3 Å². The van der Waals surface area contributed by atoms with Gasteiger partial charge in [0.2, 0.25) is 5.91 Å². The molecule has 1 aromatic carbocycles. The third kappa shape index (κ3) is 4.23. The van der Waals surface area contributed by atoms with Gasteiger partial charge in [-0.2, -0.15) is 0 Å². The third-order valence-corrected chi connectivity index (χ3v) is 5.77. The molecule has 2 fully saturated rings. The fraction of sp³-hybridized carbons (Fsp3) is 0.450. The SMILES string of the molecule is CSc1ncc(C(=O)N2CCN(CC(=O)NC3CC3)CC2)n1-c1ccccc1. The highest BCUT2D eigenvalue weighted by atomic mass is 32.2. The molecule has 1 saturated heterocycles. The van der Waals surface area contributed by atoms with Crippen LogP contribution in [0.5, 0.6) is 0 Å². The molecule has 4 rings (SSSR count). The first kappa shape index (κ1) is 19.0. The minimum Gasteiger partial charge on any atom is -0.352 e. The molecule has 2 heterocycles. The van der Waals surface area contributed by atoms with Crippen molar-refractivity contribution < 1.29 is 9.59 Å². The molecule has 0 atom stereocenters. The molecule has 0 radical (unpaired) electrons. The van der Waals surface area contributed by atoms with Crippen LogP contribution < -0.4 is 5.32 Å². The van der Waals surface area contributed by atoms with Gasteiger partial charge in [-0.1, -0.05) is 30.0 Å². The average Bonchev–Trinajstić information content (AvgIpc) is 3.42. The van der Waals surface area contributed by atoms with Crippen LogP contribution >= 0.6 is 11.8 Å². The second kappa shape index (κ2) is 8.36. The van der Waals surface area contributed by atoms with Gasteiger partial charge in [0.1, 0.15) is 5.69 Å². The summed E-state index contributed by atoms with van der Waals surface area (Å²) in [4.78, 5) is 33.6. The Bertz CT molecular complexity index is 842. The van der Waals surface area contributed by atoms with Crippen LogP contribution in [0, 0.1) is 0 Å². The van der Waals surface area contributed by atoms with E-state index < -0.39 is 0 Å². The van der Waals surface area contributed by atoms with Crippen molar-refractivity contribution in [3.63, 3.8) is 0 Å². The number of piperazine rings is 1. The number of para-hydroxylation sites is 1. The minimum absolute atomic E-state index is 0.0151. The molecule has 2 aliphatic rings. The second-order valence-electron chi connectivity index (χ2n) is 7.21. The Morgan fingerprint density at radius 3 is 2.50 bits per heavy atom. The van der Waals surface area contributed by atoms with Gasteiger partial charge >= 0.3 is 0 Å². The average molecular weight is 400 g/mol. The van der Waals surface area contributed by atoms with Crippen molar-refractivity contribution in [1.29, 1.82) is 0 Å². The van der Waals surface area contributed by atoms with E-state index in [9.17, 15) is 9.59 Å². The summed E-state index contributed by atoms with van der Waals surface area (Å²) in [5.74, 6) is 0.0766. The van der Waals surface area contributed by atoms with Crippen molar-refractivity contribution in [2.75, 3.05) is 39.0 Å². The lowest BCUT2D eigenvalue weighted by atomic mass is 10.2. The highest BCUT2D eigenvalue weighted by Gasteiger charge is 2.28. The maximum atomic E-state index is 13.2. The number of nitrogens with zero attached hydrogens (tertiary/aromatic N) is 4. The molecular weight excluding hydrogens is 374 g/mol. The lowest BCUT2D eigenvalue weighted by molar-refractivity contribution is -0.122. The van der Waals surface area contributed by atoms with Gasteiger partial charge in [-0.3, -0.25) is 19.1 Å². The van der Waals surface area contributed by atoms with Crippen LogP contribution in [0.4, 0.5) is 0 Å². The Labute approximate surface area is 169 Å². The fourth-order valence-corrected chi connectivity index (χ4v) is 3.98. The van der Waals surface area contributed by atoms with Gasteiger partial charge < -0.3 is 10.2 Å². The highest BCUT2D eigenvalue weighted by molar-refractivity contribution is 7.98. The lowest BCUT2D eigenvalue weighted by Crippen LogP contribution is -2.51. The number of amides is 2. The first-order valence-corrected chi connectivity index (χ1v) is 10.9. The molecule has 1 aliphatic carbocycles. The zero-order valence-electron chi connectivity index (χ0n) is 16.0. The van der Waals surface area contributed by atoms with E-state index in [1.165, 1.54) is 11.8 Å².